The predicted octanol–water partition coefficient (Wildman–Crippen LogP) is 1.30. The highest BCUT2D eigenvalue weighted by atomic mass is 16.5. The lowest BCUT2D eigenvalue weighted by molar-refractivity contribution is -0.0255. The molecule has 1 aliphatic rings. The second-order valence-electron chi connectivity index (χ2n) is 6.68. The molecule has 2 unspecified atom stereocenters. The SMILES string of the molecule is CCN(Cc1nc2ccccc2c(=O)[nH]1)CC(O)COCC1CCCO1. The Morgan fingerprint density at radius 1 is 1.46 bits per heavy atom. The Labute approximate surface area is 153 Å². The summed E-state index contributed by atoms with van der Waals surface area (Å²) in [5, 5.41) is 10.8. The van der Waals surface area contributed by atoms with E-state index >= 15 is 0 Å². The quantitative estimate of drug-likeness (QED) is 0.700. The molecule has 3 rings (SSSR count). The first kappa shape index (κ1) is 19.0. The van der Waals surface area contributed by atoms with E-state index in [4.69, 9.17) is 9.47 Å². The third-order valence-electron chi connectivity index (χ3n) is 4.59. The molecule has 1 saturated heterocycles. The maximum absolute atomic E-state index is 12.2. The van der Waals surface area contributed by atoms with E-state index in [1.165, 1.54) is 0 Å². The highest BCUT2D eigenvalue weighted by Crippen LogP contribution is 2.12. The number of aliphatic hydroxyl groups is 1. The van der Waals surface area contributed by atoms with E-state index in [-0.39, 0.29) is 18.3 Å². The van der Waals surface area contributed by atoms with E-state index in [1.807, 2.05) is 30.0 Å². The average molecular weight is 361 g/mol. The number of aromatic nitrogens is 2. The minimum Gasteiger partial charge on any atom is -0.389 e. The van der Waals surface area contributed by atoms with Crippen LogP contribution < -0.4 is 5.56 Å². The lowest BCUT2D eigenvalue weighted by Gasteiger charge is -2.23. The van der Waals surface area contributed by atoms with Crippen molar-refractivity contribution in [3.8, 4) is 0 Å². The first-order chi connectivity index (χ1) is 12.7. The number of nitrogens with one attached hydrogen (secondary N) is 1. The third-order valence-corrected chi connectivity index (χ3v) is 4.59. The van der Waals surface area contributed by atoms with Crippen molar-refractivity contribution in [3.05, 3.63) is 40.4 Å². The second-order valence-corrected chi connectivity index (χ2v) is 6.68. The number of fused-ring (bicyclic) bond motifs is 1. The number of nitrogens with zero attached hydrogens (tertiary/aromatic N) is 2. The Balaban J connectivity index is 1.52. The number of para-hydroxylation sites is 1. The maximum Gasteiger partial charge on any atom is 0.258 e. The molecule has 2 atom stereocenters. The van der Waals surface area contributed by atoms with Crippen LogP contribution in [0.3, 0.4) is 0 Å². The van der Waals surface area contributed by atoms with E-state index in [0.717, 1.165) is 26.0 Å². The highest BCUT2D eigenvalue weighted by Gasteiger charge is 2.17. The van der Waals surface area contributed by atoms with Gasteiger partial charge in [-0.1, -0.05) is 19.1 Å². The Hall–Kier alpha value is -1.80. The Morgan fingerprint density at radius 3 is 3.08 bits per heavy atom. The zero-order valence-electron chi connectivity index (χ0n) is 15.2. The molecule has 1 aliphatic heterocycles. The van der Waals surface area contributed by atoms with Gasteiger partial charge < -0.3 is 19.6 Å². The van der Waals surface area contributed by atoms with Gasteiger partial charge in [0, 0.05) is 13.2 Å². The number of aliphatic hydroxyl groups excluding tert-OH is 1. The predicted molar refractivity (Wildman–Crippen MR) is 99.1 cm³/mol. The molecule has 2 aromatic rings. The lowest BCUT2D eigenvalue weighted by atomic mass is 10.2. The summed E-state index contributed by atoms with van der Waals surface area (Å²) in [7, 11) is 0. The molecule has 2 heterocycles. The number of hydrogen-bond acceptors (Lipinski definition) is 6. The zero-order valence-corrected chi connectivity index (χ0v) is 15.2. The molecular weight excluding hydrogens is 334 g/mol. The monoisotopic (exact) mass is 361 g/mol. The van der Waals surface area contributed by atoms with Crippen molar-refractivity contribution >= 4 is 10.9 Å². The van der Waals surface area contributed by atoms with Gasteiger partial charge in [0.25, 0.3) is 5.56 Å². The van der Waals surface area contributed by atoms with E-state index in [2.05, 4.69) is 9.97 Å². The Morgan fingerprint density at radius 2 is 2.31 bits per heavy atom. The van der Waals surface area contributed by atoms with Crippen LogP contribution in [0, 0.1) is 0 Å². The van der Waals surface area contributed by atoms with Crippen molar-refractivity contribution in [2.45, 2.75) is 38.5 Å². The van der Waals surface area contributed by atoms with E-state index < -0.39 is 6.10 Å². The van der Waals surface area contributed by atoms with E-state index in [9.17, 15) is 9.90 Å². The van der Waals surface area contributed by atoms with Crippen LogP contribution in [-0.4, -0.2) is 65.1 Å². The van der Waals surface area contributed by atoms with Gasteiger partial charge in [0.1, 0.15) is 5.82 Å². The third kappa shape index (κ3) is 5.11. The van der Waals surface area contributed by atoms with Crippen molar-refractivity contribution in [2.75, 3.05) is 32.9 Å². The smallest absolute Gasteiger partial charge is 0.258 e. The zero-order chi connectivity index (χ0) is 18.4. The van der Waals surface area contributed by atoms with Gasteiger partial charge in [-0.2, -0.15) is 0 Å². The number of ether oxygens (including phenoxy) is 2. The fourth-order valence-electron chi connectivity index (χ4n) is 3.19. The summed E-state index contributed by atoms with van der Waals surface area (Å²) in [5.74, 6) is 0.600. The molecule has 7 heteroatoms. The fourth-order valence-corrected chi connectivity index (χ4v) is 3.19. The highest BCUT2D eigenvalue weighted by molar-refractivity contribution is 5.77. The molecule has 1 aromatic heterocycles. The summed E-state index contributed by atoms with van der Waals surface area (Å²) in [6, 6.07) is 7.28. The Kier molecular flexibility index (Phi) is 6.73. The summed E-state index contributed by atoms with van der Waals surface area (Å²) in [5.41, 5.74) is 0.546. The molecule has 7 nitrogen and oxygen atoms in total. The largest absolute Gasteiger partial charge is 0.389 e. The van der Waals surface area contributed by atoms with Gasteiger partial charge in [-0.25, -0.2) is 4.98 Å². The summed E-state index contributed by atoms with van der Waals surface area (Å²) in [4.78, 5) is 21.5. The summed E-state index contributed by atoms with van der Waals surface area (Å²) in [6.07, 6.45) is 1.68. The standard InChI is InChI=1S/C19H27N3O4/c1-2-22(10-14(23)12-25-13-15-6-5-9-26-15)11-18-20-17-8-4-3-7-16(17)19(24)21-18/h3-4,7-8,14-15,23H,2,5-6,9-13H2,1H3,(H,20,21,24). The molecule has 0 bridgehead atoms. The van der Waals surface area contributed by atoms with Gasteiger partial charge in [-0.3, -0.25) is 9.69 Å². The van der Waals surface area contributed by atoms with Gasteiger partial charge in [-0.15, -0.1) is 0 Å². The van der Waals surface area contributed by atoms with Gasteiger partial charge in [0.05, 0.1) is 42.9 Å². The van der Waals surface area contributed by atoms with Crippen molar-refractivity contribution in [1.29, 1.82) is 0 Å². The van der Waals surface area contributed by atoms with Crippen LogP contribution in [0.2, 0.25) is 0 Å². The Bertz CT molecular complexity index is 758. The number of benzene rings is 1. The first-order valence-corrected chi connectivity index (χ1v) is 9.23. The molecule has 0 saturated carbocycles. The summed E-state index contributed by atoms with van der Waals surface area (Å²) < 4.78 is 11.1. The number of aromatic amines is 1. The number of hydrogen-bond donors (Lipinski definition) is 2. The summed E-state index contributed by atoms with van der Waals surface area (Å²) in [6.45, 7) is 5.29. The molecule has 1 aromatic carbocycles. The molecule has 0 radical (unpaired) electrons. The van der Waals surface area contributed by atoms with Crippen LogP contribution in [0.5, 0.6) is 0 Å². The van der Waals surface area contributed by atoms with Crippen LogP contribution >= 0.6 is 0 Å². The van der Waals surface area contributed by atoms with E-state index in [0.29, 0.717) is 36.4 Å². The van der Waals surface area contributed by atoms with Crippen molar-refractivity contribution in [1.82, 2.24) is 14.9 Å². The van der Waals surface area contributed by atoms with Gasteiger partial charge in [0.2, 0.25) is 0 Å². The van der Waals surface area contributed by atoms with Crippen molar-refractivity contribution in [3.63, 3.8) is 0 Å². The van der Waals surface area contributed by atoms with Gasteiger partial charge in [-0.05, 0) is 31.5 Å². The molecule has 0 amide bonds. The lowest BCUT2D eigenvalue weighted by Crippen LogP contribution is -2.36. The van der Waals surface area contributed by atoms with Crippen LogP contribution in [0.4, 0.5) is 0 Å². The van der Waals surface area contributed by atoms with Gasteiger partial charge in [0.15, 0.2) is 0 Å². The minimum absolute atomic E-state index is 0.137. The molecule has 142 valence electrons. The topological polar surface area (TPSA) is 87.7 Å². The summed E-state index contributed by atoms with van der Waals surface area (Å²) >= 11 is 0. The number of likely N-dealkylation sites (N-methyl/N-ethyl adjacent to an activating group) is 1. The first-order valence-electron chi connectivity index (χ1n) is 9.23. The normalized spacial score (nSPS) is 18.7. The second kappa shape index (κ2) is 9.23. The van der Waals surface area contributed by atoms with Crippen LogP contribution in [-0.2, 0) is 16.0 Å². The number of rotatable bonds is 9. The molecular formula is C19H27N3O4. The van der Waals surface area contributed by atoms with Crippen LogP contribution in [0.15, 0.2) is 29.1 Å². The van der Waals surface area contributed by atoms with Crippen LogP contribution in [0.25, 0.3) is 10.9 Å². The van der Waals surface area contributed by atoms with Gasteiger partial charge >= 0.3 is 0 Å². The van der Waals surface area contributed by atoms with Crippen molar-refractivity contribution < 1.29 is 14.6 Å². The number of H-pyrrole nitrogens is 1. The molecule has 0 spiro atoms. The molecule has 0 aliphatic carbocycles. The minimum atomic E-state index is -0.594. The molecule has 1 fully saturated rings. The van der Waals surface area contributed by atoms with Crippen LogP contribution in [0.1, 0.15) is 25.6 Å². The average Bonchev–Trinajstić information content (AvgIpc) is 3.14. The fraction of sp³-hybridized carbons (Fsp3) is 0.579. The van der Waals surface area contributed by atoms with Crippen molar-refractivity contribution in [2.24, 2.45) is 0 Å². The molecule has 26 heavy (non-hydrogen) atoms. The maximum atomic E-state index is 12.2. The van der Waals surface area contributed by atoms with E-state index in [1.54, 1.807) is 6.07 Å². The molecule has 2 N–H and O–H groups in total.